The van der Waals surface area contributed by atoms with Gasteiger partial charge in [0.05, 0.1) is 17.5 Å². The number of fused-ring (bicyclic) bond motifs is 4. The minimum absolute atomic E-state index is 0.126. The van der Waals surface area contributed by atoms with Gasteiger partial charge in [-0.3, -0.25) is 4.79 Å². The molecule has 5 nitrogen and oxygen atoms in total. The highest BCUT2D eigenvalue weighted by molar-refractivity contribution is 8.14. The number of hydrazone groups is 1. The Labute approximate surface area is 156 Å². The molecule has 0 N–H and O–H groups in total. The zero-order valence-corrected chi connectivity index (χ0v) is 15.0. The van der Waals surface area contributed by atoms with E-state index >= 15 is 0 Å². The zero-order valence-electron chi connectivity index (χ0n) is 14.2. The number of benzene rings is 2. The molecule has 6 heteroatoms. The molecule has 26 heavy (non-hydrogen) atoms. The van der Waals surface area contributed by atoms with Gasteiger partial charge in [-0.15, -0.1) is 0 Å². The normalized spacial score (nSPS) is 19.8. The number of hydrogen-bond acceptors (Lipinski definition) is 5. The van der Waals surface area contributed by atoms with Gasteiger partial charge in [-0.05, 0) is 24.1 Å². The van der Waals surface area contributed by atoms with E-state index < -0.39 is 0 Å². The summed E-state index contributed by atoms with van der Waals surface area (Å²) in [4.78, 5) is 19.4. The maximum absolute atomic E-state index is 12.8. The van der Waals surface area contributed by atoms with Crippen molar-refractivity contribution >= 4 is 40.4 Å². The lowest BCUT2D eigenvalue weighted by atomic mass is 10.0. The fourth-order valence-corrected chi connectivity index (χ4v) is 4.66. The molecule has 1 unspecified atom stereocenters. The van der Waals surface area contributed by atoms with Crippen LogP contribution in [-0.4, -0.2) is 34.6 Å². The lowest BCUT2D eigenvalue weighted by molar-refractivity contribution is -0.116. The lowest BCUT2D eigenvalue weighted by Gasteiger charge is -2.30. The first-order valence-electron chi connectivity index (χ1n) is 8.81. The predicted molar refractivity (Wildman–Crippen MR) is 106 cm³/mol. The van der Waals surface area contributed by atoms with Crippen molar-refractivity contribution in [1.29, 1.82) is 0 Å². The Bertz CT molecular complexity index is 939. The molecule has 0 aliphatic carbocycles. The highest BCUT2D eigenvalue weighted by Gasteiger charge is 2.33. The molecular weight excluding hydrogens is 344 g/mol. The van der Waals surface area contributed by atoms with Gasteiger partial charge < -0.3 is 4.90 Å². The van der Waals surface area contributed by atoms with Crippen molar-refractivity contribution in [2.45, 2.75) is 18.9 Å². The minimum atomic E-state index is 0.126. The third-order valence-electron chi connectivity index (χ3n) is 5.05. The van der Waals surface area contributed by atoms with Crippen LogP contribution in [0.25, 0.3) is 0 Å². The second-order valence-corrected chi connectivity index (χ2v) is 7.50. The van der Waals surface area contributed by atoms with Crippen molar-refractivity contribution in [2.75, 3.05) is 17.2 Å². The fraction of sp³-hybridized carbons (Fsp3) is 0.250. The number of amides is 1. The van der Waals surface area contributed by atoms with E-state index in [9.17, 15) is 4.79 Å². The maximum atomic E-state index is 12.8. The molecule has 1 atom stereocenters. The minimum Gasteiger partial charge on any atom is -0.311 e. The maximum Gasteiger partial charge on any atom is 0.237 e. The number of hydrogen-bond donors (Lipinski definition) is 0. The van der Waals surface area contributed by atoms with Gasteiger partial charge in [0.2, 0.25) is 5.91 Å². The van der Waals surface area contributed by atoms with Crippen LogP contribution in [0.3, 0.4) is 0 Å². The van der Waals surface area contributed by atoms with Gasteiger partial charge in [0.1, 0.15) is 0 Å². The van der Waals surface area contributed by atoms with E-state index in [4.69, 9.17) is 4.99 Å². The van der Waals surface area contributed by atoms with Crippen molar-refractivity contribution in [3.63, 3.8) is 0 Å². The Morgan fingerprint density at radius 2 is 2.00 bits per heavy atom. The molecule has 130 valence electrons. The van der Waals surface area contributed by atoms with E-state index in [0.717, 1.165) is 35.9 Å². The molecule has 0 spiro atoms. The van der Waals surface area contributed by atoms with E-state index in [1.54, 1.807) is 0 Å². The van der Waals surface area contributed by atoms with Gasteiger partial charge in [-0.1, -0.05) is 48.2 Å². The van der Waals surface area contributed by atoms with Crippen LogP contribution in [0, 0.1) is 0 Å². The molecule has 0 saturated heterocycles. The van der Waals surface area contributed by atoms with Gasteiger partial charge in [0, 0.05) is 30.4 Å². The number of para-hydroxylation sites is 2. The van der Waals surface area contributed by atoms with E-state index in [1.807, 2.05) is 52.5 Å². The fourth-order valence-electron chi connectivity index (χ4n) is 3.78. The number of nitrogens with zero attached hydrogens (tertiary/aromatic N) is 4. The average Bonchev–Trinajstić information content (AvgIpc) is 3.33. The molecule has 3 heterocycles. The molecule has 5 rings (SSSR count). The summed E-state index contributed by atoms with van der Waals surface area (Å²) in [5.74, 6) is 0.495. The third-order valence-corrected chi connectivity index (χ3v) is 5.98. The molecule has 1 amide bonds. The number of amidine groups is 1. The van der Waals surface area contributed by atoms with Crippen LogP contribution in [0.5, 0.6) is 0 Å². The molecule has 0 aromatic heterocycles. The summed E-state index contributed by atoms with van der Waals surface area (Å²) in [6, 6.07) is 16.5. The van der Waals surface area contributed by atoms with E-state index in [2.05, 4.69) is 17.2 Å². The Kier molecular flexibility index (Phi) is 3.78. The number of anilines is 1. The predicted octanol–water partition coefficient (Wildman–Crippen LogP) is 3.74. The van der Waals surface area contributed by atoms with Crippen molar-refractivity contribution in [1.82, 2.24) is 5.01 Å². The second kappa shape index (κ2) is 6.29. The van der Waals surface area contributed by atoms with Gasteiger partial charge in [-0.25, -0.2) is 10.0 Å². The number of thioether (sulfide) groups is 1. The Morgan fingerprint density at radius 3 is 2.96 bits per heavy atom. The van der Waals surface area contributed by atoms with Crippen LogP contribution >= 0.6 is 11.8 Å². The number of rotatable bonds is 2. The standard InChI is InChI=1S/C20H18N4OS/c25-19(23-12-10-14-5-1-4-8-17(14)23)13-26-20-22-16-7-3-2-6-15(16)18-9-11-21-24(18)20/h1-8,11,18H,9-10,12-13H2. The van der Waals surface area contributed by atoms with Gasteiger partial charge in [0.25, 0.3) is 0 Å². The SMILES string of the molecule is O=C(CSC1=Nc2ccccc2C2CC=NN12)N1CCc2ccccc21. The molecule has 0 bridgehead atoms. The number of carbonyl (C=O) groups excluding carboxylic acids is 1. The van der Waals surface area contributed by atoms with Crippen molar-refractivity contribution in [3.05, 3.63) is 59.7 Å². The van der Waals surface area contributed by atoms with Crippen molar-refractivity contribution in [3.8, 4) is 0 Å². The summed E-state index contributed by atoms with van der Waals surface area (Å²) in [6.45, 7) is 0.762. The monoisotopic (exact) mass is 362 g/mol. The summed E-state index contributed by atoms with van der Waals surface area (Å²) < 4.78 is 0. The molecule has 0 saturated carbocycles. The van der Waals surface area contributed by atoms with E-state index in [0.29, 0.717) is 5.75 Å². The smallest absolute Gasteiger partial charge is 0.237 e. The first kappa shape index (κ1) is 15.6. The third kappa shape index (κ3) is 2.52. The summed E-state index contributed by atoms with van der Waals surface area (Å²) in [5.41, 5.74) is 4.49. The summed E-state index contributed by atoms with van der Waals surface area (Å²) in [7, 11) is 0. The average molecular weight is 362 g/mol. The Morgan fingerprint density at radius 1 is 1.15 bits per heavy atom. The Hall–Kier alpha value is -2.60. The van der Waals surface area contributed by atoms with Crippen LogP contribution in [-0.2, 0) is 11.2 Å². The van der Waals surface area contributed by atoms with Crippen LogP contribution in [0.2, 0.25) is 0 Å². The molecule has 0 radical (unpaired) electrons. The van der Waals surface area contributed by atoms with Crippen LogP contribution in [0.1, 0.15) is 23.6 Å². The molecule has 3 aliphatic rings. The first-order chi connectivity index (χ1) is 12.8. The van der Waals surface area contributed by atoms with Crippen LogP contribution in [0.4, 0.5) is 11.4 Å². The molecule has 0 fully saturated rings. The van der Waals surface area contributed by atoms with Crippen LogP contribution in [0.15, 0.2) is 58.6 Å². The largest absolute Gasteiger partial charge is 0.311 e. The Balaban J connectivity index is 1.35. The second-order valence-electron chi connectivity index (χ2n) is 6.56. The number of carbonyl (C=O) groups is 1. The lowest BCUT2D eigenvalue weighted by Crippen LogP contribution is -2.33. The van der Waals surface area contributed by atoms with E-state index in [1.165, 1.54) is 22.9 Å². The molecular formula is C20H18N4OS. The summed E-state index contributed by atoms with van der Waals surface area (Å²) >= 11 is 1.48. The van der Waals surface area contributed by atoms with E-state index in [-0.39, 0.29) is 11.9 Å². The quantitative estimate of drug-likeness (QED) is 0.818. The highest BCUT2D eigenvalue weighted by Crippen LogP contribution is 2.41. The first-order valence-corrected chi connectivity index (χ1v) is 9.80. The molecule has 3 aliphatic heterocycles. The summed E-state index contributed by atoms with van der Waals surface area (Å²) in [5, 5.41) is 7.25. The molecule has 2 aromatic carbocycles. The van der Waals surface area contributed by atoms with Crippen molar-refractivity contribution < 1.29 is 4.79 Å². The van der Waals surface area contributed by atoms with Gasteiger partial charge in [0.15, 0.2) is 5.17 Å². The van der Waals surface area contributed by atoms with Crippen LogP contribution < -0.4 is 4.90 Å². The van der Waals surface area contributed by atoms with Gasteiger partial charge >= 0.3 is 0 Å². The van der Waals surface area contributed by atoms with Crippen molar-refractivity contribution in [2.24, 2.45) is 10.1 Å². The molecule has 2 aromatic rings. The topological polar surface area (TPSA) is 48.3 Å². The zero-order chi connectivity index (χ0) is 17.5. The van der Waals surface area contributed by atoms with Gasteiger partial charge in [-0.2, -0.15) is 5.10 Å². The summed E-state index contributed by atoms with van der Waals surface area (Å²) in [6.07, 6.45) is 3.74. The number of aliphatic imine (C=N–C) groups is 1. The highest BCUT2D eigenvalue weighted by atomic mass is 32.2.